The van der Waals surface area contributed by atoms with E-state index >= 15 is 0 Å². The molecule has 0 fully saturated rings. The zero-order chi connectivity index (χ0) is 18.4. The molecule has 0 aromatic heterocycles. The number of hydrogen-bond acceptors (Lipinski definition) is 6. The highest BCUT2D eigenvalue weighted by Crippen LogP contribution is 2.28. The molecule has 0 saturated heterocycles. The number of nitrogens with zero attached hydrogens (tertiary/aromatic N) is 1. The largest absolute Gasteiger partial charge is 0.493 e. The second-order valence-corrected chi connectivity index (χ2v) is 5.20. The first kappa shape index (κ1) is 18.1. The maximum atomic E-state index is 12.2. The number of methoxy groups -OCH3 is 1. The van der Waals surface area contributed by atoms with Crippen LogP contribution in [0.4, 0.5) is 4.79 Å². The molecule has 1 aliphatic rings. The Balaban J connectivity index is 2.26. The van der Waals surface area contributed by atoms with Crippen molar-refractivity contribution in [3.05, 3.63) is 35.0 Å². The fourth-order valence-corrected chi connectivity index (χ4v) is 2.40. The average Bonchev–Trinajstić information content (AvgIpc) is 2.59. The minimum Gasteiger partial charge on any atom is -0.493 e. The number of nitriles is 1. The number of carbonyl (C=O) groups is 2. The molecule has 0 spiro atoms. The number of urea groups is 1. The van der Waals surface area contributed by atoms with E-state index in [9.17, 15) is 9.59 Å². The van der Waals surface area contributed by atoms with E-state index in [4.69, 9.17) is 19.5 Å². The fourth-order valence-electron chi connectivity index (χ4n) is 2.40. The first-order valence-corrected chi connectivity index (χ1v) is 7.68. The van der Waals surface area contributed by atoms with Crippen molar-refractivity contribution >= 4 is 12.0 Å². The molecule has 1 aromatic carbocycles. The van der Waals surface area contributed by atoms with E-state index in [1.807, 2.05) is 6.07 Å². The van der Waals surface area contributed by atoms with Crippen LogP contribution in [-0.2, 0) is 9.53 Å². The minimum absolute atomic E-state index is 0.0613. The Morgan fingerprint density at radius 3 is 2.76 bits per heavy atom. The Morgan fingerprint density at radius 2 is 2.12 bits per heavy atom. The van der Waals surface area contributed by atoms with Crippen LogP contribution < -0.4 is 20.1 Å². The summed E-state index contributed by atoms with van der Waals surface area (Å²) in [5.74, 6) is 0.246. The number of hydrogen-bond donors (Lipinski definition) is 2. The van der Waals surface area contributed by atoms with Crippen molar-refractivity contribution in [1.29, 1.82) is 5.26 Å². The van der Waals surface area contributed by atoms with E-state index in [2.05, 4.69) is 10.6 Å². The summed E-state index contributed by atoms with van der Waals surface area (Å²) in [5, 5.41) is 14.1. The zero-order valence-corrected chi connectivity index (χ0v) is 14.2. The van der Waals surface area contributed by atoms with Gasteiger partial charge in [0.1, 0.15) is 6.61 Å². The summed E-state index contributed by atoms with van der Waals surface area (Å²) in [6.07, 6.45) is 0. The van der Waals surface area contributed by atoms with Crippen LogP contribution in [0.25, 0.3) is 0 Å². The lowest BCUT2D eigenvalue weighted by Crippen LogP contribution is -2.50. The van der Waals surface area contributed by atoms with E-state index in [-0.39, 0.29) is 13.2 Å². The molecule has 1 aliphatic heterocycles. The van der Waals surface area contributed by atoms with Crippen LogP contribution in [0.5, 0.6) is 11.5 Å². The quantitative estimate of drug-likeness (QED) is 0.756. The van der Waals surface area contributed by atoms with Crippen molar-refractivity contribution in [2.24, 2.45) is 0 Å². The molecule has 2 amide bonds. The third-order valence-electron chi connectivity index (χ3n) is 3.53. The van der Waals surface area contributed by atoms with Crippen LogP contribution in [-0.4, -0.2) is 38.4 Å². The lowest BCUT2D eigenvalue weighted by Gasteiger charge is -2.26. The number of rotatable bonds is 6. The molecule has 2 N–H and O–H groups in total. The Morgan fingerprint density at radius 1 is 1.36 bits per heavy atom. The Bertz CT molecular complexity index is 751. The van der Waals surface area contributed by atoms with Crippen LogP contribution in [0, 0.1) is 11.3 Å². The molecule has 0 unspecified atom stereocenters. The Kier molecular flexibility index (Phi) is 5.84. The number of amides is 2. The van der Waals surface area contributed by atoms with Gasteiger partial charge in [-0.2, -0.15) is 5.26 Å². The maximum Gasteiger partial charge on any atom is 0.338 e. The van der Waals surface area contributed by atoms with Crippen LogP contribution >= 0.6 is 0 Å². The monoisotopic (exact) mass is 345 g/mol. The third-order valence-corrected chi connectivity index (χ3v) is 3.53. The molecule has 8 nitrogen and oxygen atoms in total. The number of carbonyl (C=O) groups excluding carboxylic acids is 2. The predicted molar refractivity (Wildman–Crippen MR) is 88.0 cm³/mol. The summed E-state index contributed by atoms with van der Waals surface area (Å²) in [6, 6.07) is 5.80. The minimum atomic E-state index is -0.520. The first-order chi connectivity index (χ1) is 12.0. The zero-order valence-electron chi connectivity index (χ0n) is 14.2. The molecule has 1 atom stereocenters. The van der Waals surface area contributed by atoms with Gasteiger partial charge in [0.05, 0.1) is 42.7 Å². The van der Waals surface area contributed by atoms with Gasteiger partial charge in [0.2, 0.25) is 0 Å². The SMILES string of the molecule is CCOC(=O)C1=C(COc2ccc(C#N)cc2OC)NC(=O)N[C@@H]1C. The molecule has 25 heavy (non-hydrogen) atoms. The molecule has 8 heteroatoms. The van der Waals surface area contributed by atoms with E-state index in [1.54, 1.807) is 32.0 Å². The van der Waals surface area contributed by atoms with E-state index in [1.165, 1.54) is 7.11 Å². The smallest absolute Gasteiger partial charge is 0.338 e. The predicted octanol–water partition coefficient (Wildman–Crippen LogP) is 1.46. The molecule has 132 valence electrons. The summed E-state index contributed by atoms with van der Waals surface area (Å²) in [5.41, 5.74) is 1.05. The van der Waals surface area contributed by atoms with Gasteiger partial charge in [-0.1, -0.05) is 0 Å². The summed E-state index contributed by atoms with van der Waals surface area (Å²) >= 11 is 0. The van der Waals surface area contributed by atoms with Gasteiger partial charge in [0.25, 0.3) is 0 Å². The molecular formula is C17H19N3O5. The number of ether oxygens (including phenoxy) is 3. The molecule has 1 aromatic rings. The van der Waals surface area contributed by atoms with Gasteiger partial charge in [0.15, 0.2) is 11.5 Å². The highest BCUT2D eigenvalue weighted by Gasteiger charge is 2.30. The number of nitrogens with one attached hydrogen (secondary N) is 2. The summed E-state index contributed by atoms with van der Waals surface area (Å²) < 4.78 is 15.9. The molecule has 0 aliphatic carbocycles. The standard InChI is InChI=1S/C17H19N3O5/c1-4-24-16(21)15-10(2)19-17(22)20-12(15)9-25-13-6-5-11(8-18)7-14(13)23-3/h5-7,10H,4,9H2,1-3H3,(H2,19,20,22)/t10-/m1/s1. The van der Waals surface area contributed by atoms with Crippen molar-refractivity contribution < 1.29 is 23.8 Å². The Hall–Kier alpha value is -3.21. The number of esters is 1. The van der Waals surface area contributed by atoms with Gasteiger partial charge in [-0.3, -0.25) is 0 Å². The van der Waals surface area contributed by atoms with Crippen molar-refractivity contribution in [3.8, 4) is 17.6 Å². The van der Waals surface area contributed by atoms with Gasteiger partial charge >= 0.3 is 12.0 Å². The van der Waals surface area contributed by atoms with E-state index in [0.29, 0.717) is 28.3 Å². The van der Waals surface area contributed by atoms with Crippen LogP contribution in [0.3, 0.4) is 0 Å². The van der Waals surface area contributed by atoms with Crippen LogP contribution in [0.1, 0.15) is 19.4 Å². The van der Waals surface area contributed by atoms with Crippen molar-refractivity contribution in [1.82, 2.24) is 10.6 Å². The highest BCUT2D eigenvalue weighted by atomic mass is 16.5. The molecule has 1 heterocycles. The molecular weight excluding hydrogens is 326 g/mol. The maximum absolute atomic E-state index is 12.2. The van der Waals surface area contributed by atoms with Gasteiger partial charge in [-0.25, -0.2) is 9.59 Å². The Labute approximate surface area is 145 Å². The molecule has 0 bridgehead atoms. The lowest BCUT2D eigenvalue weighted by molar-refractivity contribution is -0.139. The second-order valence-electron chi connectivity index (χ2n) is 5.20. The summed E-state index contributed by atoms with van der Waals surface area (Å²) in [4.78, 5) is 23.9. The number of benzene rings is 1. The molecule has 0 saturated carbocycles. The van der Waals surface area contributed by atoms with Crippen LogP contribution in [0.15, 0.2) is 29.5 Å². The topological polar surface area (TPSA) is 110 Å². The fraction of sp³-hybridized carbons (Fsp3) is 0.353. The van der Waals surface area contributed by atoms with Gasteiger partial charge in [-0.05, 0) is 26.0 Å². The third kappa shape index (κ3) is 4.20. The first-order valence-electron chi connectivity index (χ1n) is 7.68. The summed E-state index contributed by atoms with van der Waals surface area (Å²) in [6.45, 7) is 3.55. The average molecular weight is 345 g/mol. The normalized spacial score (nSPS) is 16.4. The van der Waals surface area contributed by atoms with E-state index in [0.717, 1.165) is 0 Å². The highest BCUT2D eigenvalue weighted by molar-refractivity contribution is 5.94. The molecule has 0 radical (unpaired) electrons. The lowest BCUT2D eigenvalue weighted by atomic mass is 10.0. The van der Waals surface area contributed by atoms with Gasteiger partial charge in [0, 0.05) is 6.07 Å². The summed E-state index contributed by atoms with van der Waals surface area (Å²) in [7, 11) is 1.46. The van der Waals surface area contributed by atoms with Crippen molar-refractivity contribution in [3.63, 3.8) is 0 Å². The van der Waals surface area contributed by atoms with Crippen LogP contribution in [0.2, 0.25) is 0 Å². The van der Waals surface area contributed by atoms with Gasteiger partial charge < -0.3 is 24.8 Å². The second kappa shape index (κ2) is 8.06. The van der Waals surface area contributed by atoms with Gasteiger partial charge in [-0.15, -0.1) is 0 Å². The molecule has 2 rings (SSSR count). The van der Waals surface area contributed by atoms with Crippen molar-refractivity contribution in [2.75, 3.05) is 20.3 Å². The van der Waals surface area contributed by atoms with Crippen molar-refractivity contribution in [2.45, 2.75) is 19.9 Å². The van der Waals surface area contributed by atoms with E-state index < -0.39 is 18.0 Å².